The summed E-state index contributed by atoms with van der Waals surface area (Å²) in [4.78, 5) is 13.3. The van der Waals surface area contributed by atoms with E-state index in [0.717, 1.165) is 32.4 Å². The third-order valence-electron chi connectivity index (χ3n) is 3.50. The normalized spacial score (nSPS) is 19.1. The molecule has 0 aliphatic carbocycles. The van der Waals surface area contributed by atoms with Gasteiger partial charge in [-0.05, 0) is 38.9 Å². The predicted molar refractivity (Wildman–Crippen MR) is 72.0 cm³/mol. The van der Waals surface area contributed by atoms with Crippen LogP contribution in [0.4, 0.5) is 22.0 Å². The molecule has 1 N–H and O–H groups in total. The first-order chi connectivity index (χ1) is 10.9. The monoisotopic (exact) mass is 383 g/mol. The zero-order valence-corrected chi connectivity index (χ0v) is 13.4. The van der Waals surface area contributed by atoms with Gasteiger partial charge in [-0.25, -0.2) is 0 Å². The second-order valence-corrected chi connectivity index (χ2v) is 6.95. The number of rotatable bonds is 7. The summed E-state index contributed by atoms with van der Waals surface area (Å²) in [6.45, 7) is 1.95. The SMILES string of the molecule is O=C(CCCN1CCCCC1)OC(C(F)(F)F)C(F)(F)S(=O)(=O)O. The molecule has 0 aromatic rings. The standard InChI is InChI=1S/C12H18F5NO5S/c13-11(14,15)10(12(16,17)24(20,21)22)23-9(19)5-4-8-18-6-2-1-3-7-18/h10H,1-8H2,(H,20,21,22). The van der Waals surface area contributed by atoms with Crippen LogP contribution in [0.3, 0.4) is 0 Å². The summed E-state index contributed by atoms with van der Waals surface area (Å²) in [6.07, 6.45) is -7.63. The quantitative estimate of drug-likeness (QED) is 0.412. The molecule has 1 saturated heterocycles. The topological polar surface area (TPSA) is 83.9 Å². The van der Waals surface area contributed by atoms with Gasteiger partial charge in [0.05, 0.1) is 0 Å². The van der Waals surface area contributed by atoms with Crippen LogP contribution in [-0.2, 0) is 19.6 Å². The fourth-order valence-electron chi connectivity index (χ4n) is 2.28. The molecule has 0 amide bonds. The smallest absolute Gasteiger partial charge is 0.432 e. The van der Waals surface area contributed by atoms with Gasteiger partial charge in [-0.3, -0.25) is 9.35 Å². The minimum Gasteiger partial charge on any atom is -0.445 e. The number of hydrogen-bond acceptors (Lipinski definition) is 5. The van der Waals surface area contributed by atoms with Crippen molar-refractivity contribution in [2.45, 2.75) is 49.6 Å². The van der Waals surface area contributed by atoms with Crippen molar-refractivity contribution in [2.75, 3.05) is 19.6 Å². The Kier molecular flexibility index (Phi) is 6.94. The number of nitrogens with zero attached hydrogens (tertiary/aromatic N) is 1. The van der Waals surface area contributed by atoms with Crippen LogP contribution < -0.4 is 0 Å². The van der Waals surface area contributed by atoms with Crippen molar-refractivity contribution in [3.63, 3.8) is 0 Å². The molecule has 1 atom stereocenters. The Hall–Kier alpha value is -1.01. The summed E-state index contributed by atoms with van der Waals surface area (Å²) >= 11 is 0. The first-order valence-electron chi connectivity index (χ1n) is 7.19. The minimum atomic E-state index is -6.41. The van der Waals surface area contributed by atoms with Crippen LogP contribution in [0.2, 0.25) is 0 Å². The molecular formula is C12H18F5NO5S. The molecule has 0 spiro atoms. The lowest BCUT2D eigenvalue weighted by Crippen LogP contribution is -2.52. The molecule has 12 heteroatoms. The van der Waals surface area contributed by atoms with Crippen molar-refractivity contribution >= 4 is 16.1 Å². The van der Waals surface area contributed by atoms with Gasteiger partial charge in [0.1, 0.15) is 0 Å². The van der Waals surface area contributed by atoms with Crippen LogP contribution in [0.5, 0.6) is 0 Å². The van der Waals surface area contributed by atoms with Gasteiger partial charge in [0.25, 0.3) is 6.10 Å². The molecule has 1 unspecified atom stereocenters. The van der Waals surface area contributed by atoms with Gasteiger partial charge < -0.3 is 9.64 Å². The van der Waals surface area contributed by atoms with Gasteiger partial charge in [0.2, 0.25) is 0 Å². The lowest BCUT2D eigenvalue weighted by molar-refractivity contribution is -0.259. The van der Waals surface area contributed by atoms with E-state index in [-0.39, 0.29) is 6.42 Å². The van der Waals surface area contributed by atoms with E-state index in [2.05, 4.69) is 4.74 Å². The number of carbonyl (C=O) groups excluding carboxylic acids is 1. The summed E-state index contributed by atoms with van der Waals surface area (Å²) in [7, 11) is -6.41. The Morgan fingerprint density at radius 1 is 1.12 bits per heavy atom. The minimum absolute atomic E-state index is 0.0842. The molecule has 142 valence electrons. The lowest BCUT2D eigenvalue weighted by Gasteiger charge is -2.27. The summed E-state index contributed by atoms with van der Waals surface area (Å²) in [5.74, 6) is -1.61. The first-order valence-corrected chi connectivity index (χ1v) is 8.63. The van der Waals surface area contributed by atoms with Crippen molar-refractivity contribution in [2.24, 2.45) is 0 Å². The second kappa shape index (κ2) is 7.91. The Balaban J connectivity index is 2.62. The molecule has 1 fully saturated rings. The van der Waals surface area contributed by atoms with Crippen molar-refractivity contribution in [3.8, 4) is 0 Å². The molecule has 1 aliphatic heterocycles. The van der Waals surface area contributed by atoms with E-state index < -0.39 is 40.0 Å². The Bertz CT molecular complexity index is 530. The van der Waals surface area contributed by atoms with Crippen molar-refractivity contribution < 1.29 is 44.5 Å². The Morgan fingerprint density at radius 3 is 2.12 bits per heavy atom. The molecule has 0 bridgehead atoms. The highest BCUT2D eigenvalue weighted by molar-refractivity contribution is 7.86. The summed E-state index contributed by atoms with van der Waals surface area (Å²) in [5.41, 5.74) is 0. The van der Waals surface area contributed by atoms with Gasteiger partial charge in [-0.15, -0.1) is 0 Å². The van der Waals surface area contributed by atoms with E-state index >= 15 is 0 Å². The highest BCUT2D eigenvalue weighted by Crippen LogP contribution is 2.38. The third kappa shape index (κ3) is 5.81. The Labute approximate surface area is 135 Å². The number of alkyl halides is 5. The van der Waals surface area contributed by atoms with E-state index in [9.17, 15) is 35.2 Å². The summed E-state index contributed by atoms with van der Waals surface area (Å²) < 4.78 is 97.0. The number of carbonyl (C=O) groups is 1. The molecule has 6 nitrogen and oxygen atoms in total. The van der Waals surface area contributed by atoms with Crippen LogP contribution in [0.1, 0.15) is 32.1 Å². The highest BCUT2D eigenvalue weighted by Gasteiger charge is 2.65. The maximum absolute atomic E-state index is 13.2. The molecule has 1 heterocycles. The average Bonchev–Trinajstić information content (AvgIpc) is 2.43. The second-order valence-electron chi connectivity index (χ2n) is 5.45. The van der Waals surface area contributed by atoms with Crippen molar-refractivity contribution in [1.29, 1.82) is 0 Å². The van der Waals surface area contributed by atoms with Crippen LogP contribution >= 0.6 is 0 Å². The first kappa shape index (κ1) is 21.0. The summed E-state index contributed by atoms with van der Waals surface area (Å²) in [6, 6.07) is 0. The van der Waals surface area contributed by atoms with E-state index in [1.165, 1.54) is 0 Å². The van der Waals surface area contributed by atoms with Gasteiger partial charge in [0.15, 0.2) is 0 Å². The average molecular weight is 383 g/mol. The molecule has 0 radical (unpaired) electrons. The van der Waals surface area contributed by atoms with Gasteiger partial charge in [-0.2, -0.15) is 30.4 Å². The predicted octanol–water partition coefficient (Wildman–Crippen LogP) is 2.21. The molecule has 24 heavy (non-hydrogen) atoms. The van der Waals surface area contributed by atoms with Crippen LogP contribution in [0, 0.1) is 0 Å². The zero-order chi connectivity index (χ0) is 18.6. The largest absolute Gasteiger partial charge is 0.445 e. The van der Waals surface area contributed by atoms with Crippen LogP contribution in [-0.4, -0.2) is 61.0 Å². The fourth-order valence-corrected chi connectivity index (χ4v) is 2.73. The van der Waals surface area contributed by atoms with Crippen molar-refractivity contribution in [1.82, 2.24) is 4.90 Å². The number of likely N-dealkylation sites (tertiary alicyclic amines) is 1. The van der Waals surface area contributed by atoms with Gasteiger partial charge in [-0.1, -0.05) is 6.42 Å². The third-order valence-corrected chi connectivity index (χ3v) is 4.40. The highest BCUT2D eigenvalue weighted by atomic mass is 32.2. The fraction of sp³-hybridized carbons (Fsp3) is 0.917. The molecule has 1 aliphatic rings. The molecule has 0 saturated carbocycles. The van der Waals surface area contributed by atoms with Crippen LogP contribution in [0.25, 0.3) is 0 Å². The molecule has 0 aromatic heterocycles. The Morgan fingerprint density at radius 2 is 1.67 bits per heavy atom. The van der Waals surface area contributed by atoms with E-state index in [4.69, 9.17) is 4.55 Å². The zero-order valence-electron chi connectivity index (χ0n) is 12.6. The molecule has 0 aromatic carbocycles. The maximum atomic E-state index is 13.2. The van der Waals surface area contributed by atoms with Gasteiger partial charge >= 0.3 is 27.5 Å². The van der Waals surface area contributed by atoms with Gasteiger partial charge in [0, 0.05) is 6.42 Å². The lowest BCUT2D eigenvalue weighted by atomic mass is 10.1. The van der Waals surface area contributed by atoms with E-state index in [1.54, 1.807) is 0 Å². The number of hydrogen-bond donors (Lipinski definition) is 1. The number of piperidine rings is 1. The van der Waals surface area contributed by atoms with Crippen LogP contribution in [0.15, 0.2) is 0 Å². The van der Waals surface area contributed by atoms with Crippen molar-refractivity contribution in [3.05, 3.63) is 0 Å². The molecule has 1 rings (SSSR count). The number of ether oxygens (including phenoxy) is 1. The molecular weight excluding hydrogens is 365 g/mol. The number of esters is 1. The summed E-state index contributed by atoms with van der Waals surface area (Å²) in [5, 5.41) is -5.69. The maximum Gasteiger partial charge on any atom is 0.432 e. The van der Waals surface area contributed by atoms with E-state index in [1.807, 2.05) is 4.90 Å². The number of halogens is 5. The van der Waals surface area contributed by atoms with E-state index in [0.29, 0.717) is 6.54 Å².